The van der Waals surface area contributed by atoms with Crippen molar-refractivity contribution in [2.75, 3.05) is 6.61 Å². The first-order valence-electron chi connectivity index (χ1n) is 5.50. The van der Waals surface area contributed by atoms with Crippen LogP contribution in [-0.2, 0) is 22.4 Å². The number of nitrogens with zero attached hydrogens (tertiary/aromatic N) is 1. The van der Waals surface area contributed by atoms with Crippen LogP contribution in [0.3, 0.4) is 0 Å². The monoisotopic (exact) mass is 251 g/mol. The summed E-state index contributed by atoms with van der Waals surface area (Å²) < 4.78 is 4.87. The molecule has 1 aromatic rings. The molecule has 0 aromatic heterocycles. The number of carbonyl (C=O) groups is 1. The fourth-order valence-corrected chi connectivity index (χ4v) is 1.99. The number of hydrogen-bond acceptors (Lipinski definition) is 3. The molecule has 0 aliphatic rings. The maximum Gasteiger partial charge on any atom is 0.310 e. The van der Waals surface area contributed by atoms with Crippen LogP contribution in [0, 0.1) is 11.3 Å². The van der Waals surface area contributed by atoms with Crippen LogP contribution in [0.4, 0.5) is 0 Å². The van der Waals surface area contributed by atoms with Crippen molar-refractivity contribution in [3.63, 3.8) is 0 Å². The van der Waals surface area contributed by atoms with Gasteiger partial charge in [-0.25, -0.2) is 0 Å². The second-order valence-electron chi connectivity index (χ2n) is 3.51. The number of esters is 1. The van der Waals surface area contributed by atoms with Crippen molar-refractivity contribution in [3.8, 4) is 6.07 Å². The highest BCUT2D eigenvalue weighted by Gasteiger charge is 2.13. The van der Waals surface area contributed by atoms with Gasteiger partial charge < -0.3 is 4.74 Å². The fraction of sp³-hybridized carbons (Fsp3) is 0.385. The first-order chi connectivity index (χ1) is 8.13. The molecule has 0 aliphatic heterocycles. The average molecular weight is 252 g/mol. The summed E-state index contributed by atoms with van der Waals surface area (Å²) in [5.41, 5.74) is 2.06. The van der Waals surface area contributed by atoms with Crippen molar-refractivity contribution in [1.82, 2.24) is 0 Å². The maximum atomic E-state index is 11.4. The summed E-state index contributed by atoms with van der Waals surface area (Å²) in [6.07, 6.45) is 0.809. The summed E-state index contributed by atoms with van der Waals surface area (Å²) >= 11 is 6.18. The Hall–Kier alpha value is -1.53. The molecule has 0 saturated heterocycles. The number of nitriles is 1. The van der Waals surface area contributed by atoms with E-state index in [1.165, 1.54) is 0 Å². The van der Waals surface area contributed by atoms with Gasteiger partial charge in [0.15, 0.2) is 0 Å². The van der Waals surface area contributed by atoms with Gasteiger partial charge >= 0.3 is 5.97 Å². The third kappa shape index (κ3) is 3.21. The lowest BCUT2D eigenvalue weighted by Gasteiger charge is -2.09. The molecular weight excluding hydrogens is 238 g/mol. The highest BCUT2D eigenvalue weighted by atomic mass is 35.5. The van der Waals surface area contributed by atoms with Gasteiger partial charge in [-0.15, -0.1) is 0 Å². The first-order valence-corrected chi connectivity index (χ1v) is 5.87. The summed E-state index contributed by atoms with van der Waals surface area (Å²) in [6.45, 7) is 4.04. The van der Waals surface area contributed by atoms with Gasteiger partial charge in [0.1, 0.15) is 0 Å². The Morgan fingerprint density at radius 1 is 1.47 bits per heavy atom. The van der Waals surface area contributed by atoms with E-state index in [-0.39, 0.29) is 12.4 Å². The molecule has 0 bridgehead atoms. The number of rotatable bonds is 4. The Morgan fingerprint density at radius 2 is 2.18 bits per heavy atom. The molecule has 0 aliphatic carbocycles. The Kier molecular flexibility index (Phi) is 4.99. The molecule has 90 valence electrons. The van der Waals surface area contributed by atoms with Gasteiger partial charge in [-0.05, 0) is 30.5 Å². The molecule has 0 N–H and O–H groups in total. The number of carbonyl (C=O) groups excluding carboxylic acids is 1. The first kappa shape index (κ1) is 13.5. The molecule has 1 rings (SSSR count). The van der Waals surface area contributed by atoms with E-state index < -0.39 is 0 Å². The van der Waals surface area contributed by atoms with E-state index in [1.807, 2.05) is 6.92 Å². The number of benzene rings is 1. The van der Waals surface area contributed by atoms with Gasteiger partial charge in [-0.2, -0.15) is 5.26 Å². The van der Waals surface area contributed by atoms with Gasteiger partial charge in [-0.3, -0.25) is 4.79 Å². The van der Waals surface area contributed by atoms with Crippen LogP contribution >= 0.6 is 11.6 Å². The quantitative estimate of drug-likeness (QED) is 0.773. The third-order valence-electron chi connectivity index (χ3n) is 2.44. The summed E-state index contributed by atoms with van der Waals surface area (Å²) in [6, 6.07) is 5.49. The summed E-state index contributed by atoms with van der Waals surface area (Å²) in [4.78, 5) is 11.4. The van der Waals surface area contributed by atoms with E-state index in [9.17, 15) is 4.79 Å². The van der Waals surface area contributed by atoms with Crippen molar-refractivity contribution in [3.05, 3.63) is 33.8 Å². The molecule has 3 nitrogen and oxygen atoms in total. The molecule has 0 spiro atoms. The fourth-order valence-electron chi connectivity index (χ4n) is 1.62. The summed E-state index contributed by atoms with van der Waals surface area (Å²) in [7, 11) is 0. The van der Waals surface area contributed by atoms with Crippen molar-refractivity contribution in [1.29, 1.82) is 5.26 Å². The number of hydrogen-bond donors (Lipinski definition) is 0. The van der Waals surface area contributed by atoms with E-state index >= 15 is 0 Å². The Morgan fingerprint density at radius 3 is 2.71 bits per heavy atom. The van der Waals surface area contributed by atoms with Crippen LogP contribution in [0.25, 0.3) is 0 Å². The van der Waals surface area contributed by atoms with Crippen LogP contribution in [0.1, 0.15) is 30.5 Å². The largest absolute Gasteiger partial charge is 0.466 e. The maximum absolute atomic E-state index is 11.4. The van der Waals surface area contributed by atoms with Crippen molar-refractivity contribution in [2.24, 2.45) is 0 Å². The Labute approximate surface area is 106 Å². The van der Waals surface area contributed by atoms with Gasteiger partial charge in [0.05, 0.1) is 24.7 Å². The summed E-state index contributed by atoms with van der Waals surface area (Å²) in [5, 5.41) is 9.43. The lowest BCUT2D eigenvalue weighted by Crippen LogP contribution is -2.08. The van der Waals surface area contributed by atoms with Crippen molar-refractivity contribution in [2.45, 2.75) is 26.7 Å². The van der Waals surface area contributed by atoms with E-state index in [0.717, 1.165) is 5.56 Å². The van der Waals surface area contributed by atoms with E-state index in [1.54, 1.807) is 19.1 Å². The predicted molar refractivity (Wildman–Crippen MR) is 65.9 cm³/mol. The zero-order chi connectivity index (χ0) is 12.8. The molecular formula is C13H14ClNO2. The Balaban J connectivity index is 3.03. The van der Waals surface area contributed by atoms with Crippen LogP contribution < -0.4 is 0 Å². The normalized spacial score (nSPS) is 9.76. The molecule has 0 heterocycles. The van der Waals surface area contributed by atoms with Crippen LogP contribution in [0.2, 0.25) is 5.02 Å². The number of halogens is 1. The topological polar surface area (TPSA) is 50.1 Å². The SMILES string of the molecule is CCOC(=O)Cc1ccc(C#N)c(CC)c1Cl. The van der Waals surface area contributed by atoms with Gasteiger partial charge in [-0.1, -0.05) is 24.6 Å². The van der Waals surface area contributed by atoms with Gasteiger partial charge in [0, 0.05) is 5.02 Å². The summed E-state index contributed by atoms with van der Waals surface area (Å²) in [5.74, 6) is -0.304. The molecule has 4 heteroatoms. The Bertz CT molecular complexity index is 463. The second-order valence-corrected chi connectivity index (χ2v) is 3.89. The molecule has 0 saturated carbocycles. The zero-order valence-corrected chi connectivity index (χ0v) is 10.7. The standard InChI is InChI=1S/C13H14ClNO2/c1-3-11-10(8-15)6-5-9(13(11)14)7-12(16)17-4-2/h5-6H,3-4,7H2,1-2H3. The number of ether oxygens (including phenoxy) is 1. The zero-order valence-electron chi connectivity index (χ0n) is 9.92. The molecule has 0 amide bonds. The van der Waals surface area contributed by atoms with Crippen LogP contribution in [-0.4, -0.2) is 12.6 Å². The minimum absolute atomic E-state index is 0.144. The third-order valence-corrected chi connectivity index (χ3v) is 2.91. The molecule has 17 heavy (non-hydrogen) atoms. The minimum atomic E-state index is -0.304. The van der Waals surface area contributed by atoms with E-state index in [2.05, 4.69) is 6.07 Å². The molecule has 1 aromatic carbocycles. The van der Waals surface area contributed by atoms with Crippen molar-refractivity contribution >= 4 is 17.6 Å². The second kappa shape index (κ2) is 6.27. The van der Waals surface area contributed by atoms with E-state index in [4.69, 9.17) is 21.6 Å². The lowest BCUT2D eigenvalue weighted by atomic mass is 10.0. The average Bonchev–Trinajstić information content (AvgIpc) is 2.31. The predicted octanol–water partition coefficient (Wildman–Crippen LogP) is 2.88. The van der Waals surface area contributed by atoms with Gasteiger partial charge in [0.25, 0.3) is 0 Å². The van der Waals surface area contributed by atoms with Crippen molar-refractivity contribution < 1.29 is 9.53 Å². The molecule has 0 radical (unpaired) electrons. The highest BCUT2D eigenvalue weighted by molar-refractivity contribution is 6.32. The lowest BCUT2D eigenvalue weighted by molar-refractivity contribution is -0.142. The van der Waals surface area contributed by atoms with Crippen LogP contribution in [0.15, 0.2) is 12.1 Å². The molecule has 0 unspecified atom stereocenters. The van der Waals surface area contributed by atoms with E-state index in [0.29, 0.717) is 29.2 Å². The van der Waals surface area contributed by atoms with Gasteiger partial charge in [0.2, 0.25) is 0 Å². The minimum Gasteiger partial charge on any atom is -0.466 e. The molecule has 0 atom stereocenters. The van der Waals surface area contributed by atoms with Crippen LogP contribution in [0.5, 0.6) is 0 Å². The highest BCUT2D eigenvalue weighted by Crippen LogP contribution is 2.25. The smallest absolute Gasteiger partial charge is 0.310 e. The molecule has 0 fully saturated rings.